The van der Waals surface area contributed by atoms with Gasteiger partial charge in [0.15, 0.2) is 5.76 Å². The first-order valence-corrected chi connectivity index (χ1v) is 10.0. The van der Waals surface area contributed by atoms with Gasteiger partial charge in [-0.05, 0) is 5.56 Å². The Labute approximate surface area is 171 Å². The molecule has 0 saturated carbocycles. The van der Waals surface area contributed by atoms with Gasteiger partial charge in [-0.15, -0.1) is 0 Å². The van der Waals surface area contributed by atoms with Crippen molar-refractivity contribution in [2.75, 3.05) is 32.7 Å². The van der Waals surface area contributed by atoms with Crippen LogP contribution in [0.5, 0.6) is 0 Å². The monoisotopic (exact) mass is 390 g/mol. The number of hydrogen-bond donors (Lipinski definition) is 1. The molecule has 3 aromatic rings. The van der Waals surface area contributed by atoms with E-state index in [1.807, 2.05) is 60.7 Å². The zero-order valence-corrected chi connectivity index (χ0v) is 16.5. The molecule has 0 bridgehead atoms. The second-order valence-electron chi connectivity index (χ2n) is 7.30. The van der Waals surface area contributed by atoms with E-state index in [0.717, 1.165) is 49.0 Å². The highest BCUT2D eigenvalue weighted by molar-refractivity contribution is 5.78. The Hall–Kier alpha value is -2.96. The van der Waals surface area contributed by atoms with Crippen LogP contribution in [0, 0.1) is 0 Å². The Morgan fingerprint density at radius 3 is 2.31 bits per heavy atom. The smallest absolute Gasteiger partial charge is 0.234 e. The molecule has 1 amide bonds. The average molecular weight is 390 g/mol. The predicted octanol–water partition coefficient (Wildman–Crippen LogP) is 2.78. The van der Waals surface area contributed by atoms with Gasteiger partial charge >= 0.3 is 0 Å². The molecule has 0 spiro atoms. The Bertz CT molecular complexity index is 903. The fraction of sp³-hybridized carbons (Fsp3) is 0.304. The summed E-state index contributed by atoms with van der Waals surface area (Å²) in [6.45, 7) is 5.24. The molecule has 0 radical (unpaired) electrons. The van der Waals surface area contributed by atoms with Crippen LogP contribution in [-0.2, 0) is 17.9 Å². The van der Waals surface area contributed by atoms with Gasteiger partial charge < -0.3 is 9.73 Å². The molecule has 1 N–H and O–H groups in total. The van der Waals surface area contributed by atoms with E-state index in [-0.39, 0.29) is 5.91 Å². The number of rotatable bonds is 7. The Morgan fingerprint density at radius 2 is 1.59 bits per heavy atom. The van der Waals surface area contributed by atoms with E-state index >= 15 is 0 Å². The fourth-order valence-corrected chi connectivity index (χ4v) is 3.47. The Morgan fingerprint density at radius 1 is 0.931 bits per heavy atom. The first-order chi connectivity index (χ1) is 14.3. The van der Waals surface area contributed by atoms with E-state index in [1.54, 1.807) is 6.20 Å². The molecule has 1 saturated heterocycles. The van der Waals surface area contributed by atoms with Crippen molar-refractivity contribution >= 4 is 5.91 Å². The van der Waals surface area contributed by atoms with Crippen molar-refractivity contribution in [3.05, 3.63) is 78.3 Å². The van der Waals surface area contributed by atoms with Gasteiger partial charge in [-0.25, -0.2) is 4.98 Å². The zero-order chi connectivity index (χ0) is 19.9. The molecule has 0 aliphatic carbocycles. The normalized spacial score (nSPS) is 15.3. The summed E-state index contributed by atoms with van der Waals surface area (Å²) in [5, 5.41) is 3.00. The Balaban J connectivity index is 1.20. The number of carbonyl (C=O) groups is 1. The first kappa shape index (κ1) is 19.4. The van der Waals surface area contributed by atoms with Crippen molar-refractivity contribution in [3.8, 4) is 11.3 Å². The molecule has 4 rings (SSSR count). The SMILES string of the molecule is O=C(CN1CCN(Cc2ncc(-c3ccccc3)o2)CC1)NCc1ccccc1. The minimum atomic E-state index is 0.0718. The van der Waals surface area contributed by atoms with Crippen molar-refractivity contribution in [2.45, 2.75) is 13.1 Å². The van der Waals surface area contributed by atoms with Crippen molar-refractivity contribution in [1.29, 1.82) is 0 Å². The lowest BCUT2D eigenvalue weighted by Crippen LogP contribution is -2.49. The quantitative estimate of drug-likeness (QED) is 0.672. The van der Waals surface area contributed by atoms with Crippen LogP contribution in [0.4, 0.5) is 0 Å². The summed E-state index contributed by atoms with van der Waals surface area (Å²) in [6, 6.07) is 20.0. The summed E-state index contributed by atoms with van der Waals surface area (Å²) in [7, 11) is 0. The third kappa shape index (κ3) is 5.53. The molecule has 1 fully saturated rings. The van der Waals surface area contributed by atoms with E-state index in [1.165, 1.54) is 0 Å². The van der Waals surface area contributed by atoms with E-state index in [0.29, 0.717) is 19.6 Å². The Kier molecular flexibility index (Phi) is 6.34. The van der Waals surface area contributed by atoms with Crippen molar-refractivity contribution in [2.24, 2.45) is 0 Å². The van der Waals surface area contributed by atoms with E-state index in [9.17, 15) is 4.79 Å². The van der Waals surface area contributed by atoms with Crippen molar-refractivity contribution in [1.82, 2.24) is 20.1 Å². The van der Waals surface area contributed by atoms with Crippen LogP contribution in [-0.4, -0.2) is 53.4 Å². The molecule has 1 aliphatic heterocycles. The van der Waals surface area contributed by atoms with Crippen LogP contribution >= 0.6 is 0 Å². The lowest BCUT2D eigenvalue weighted by Gasteiger charge is -2.33. The molecule has 0 atom stereocenters. The van der Waals surface area contributed by atoms with Gasteiger partial charge in [0.05, 0.1) is 19.3 Å². The van der Waals surface area contributed by atoms with Gasteiger partial charge in [-0.1, -0.05) is 60.7 Å². The standard InChI is InChI=1S/C23H26N4O2/c28-22(24-15-19-7-3-1-4-8-19)17-26-11-13-27(14-12-26)18-23-25-16-21(29-23)20-9-5-2-6-10-20/h1-10,16H,11-15,17-18H2,(H,24,28). The molecular weight excluding hydrogens is 364 g/mol. The first-order valence-electron chi connectivity index (χ1n) is 10.0. The van der Waals surface area contributed by atoms with Gasteiger partial charge in [0.25, 0.3) is 0 Å². The molecule has 6 nitrogen and oxygen atoms in total. The summed E-state index contributed by atoms with van der Waals surface area (Å²) in [6.07, 6.45) is 1.79. The summed E-state index contributed by atoms with van der Waals surface area (Å²) < 4.78 is 5.91. The number of carbonyl (C=O) groups excluding carboxylic acids is 1. The van der Waals surface area contributed by atoms with Crippen LogP contribution in [0.3, 0.4) is 0 Å². The molecule has 2 aromatic carbocycles. The number of oxazole rings is 1. The number of hydrogen-bond acceptors (Lipinski definition) is 5. The summed E-state index contributed by atoms with van der Waals surface area (Å²) >= 11 is 0. The summed E-state index contributed by atoms with van der Waals surface area (Å²) in [4.78, 5) is 21.1. The summed E-state index contributed by atoms with van der Waals surface area (Å²) in [5.74, 6) is 1.61. The lowest BCUT2D eigenvalue weighted by molar-refractivity contribution is -0.122. The maximum atomic E-state index is 12.2. The van der Waals surface area contributed by atoms with E-state index in [4.69, 9.17) is 4.42 Å². The molecule has 1 aliphatic rings. The molecule has 1 aromatic heterocycles. The van der Waals surface area contributed by atoms with E-state index < -0.39 is 0 Å². The molecule has 6 heteroatoms. The highest BCUT2D eigenvalue weighted by atomic mass is 16.4. The highest BCUT2D eigenvalue weighted by Crippen LogP contribution is 2.20. The highest BCUT2D eigenvalue weighted by Gasteiger charge is 2.20. The summed E-state index contributed by atoms with van der Waals surface area (Å²) in [5.41, 5.74) is 2.16. The number of piperazine rings is 1. The van der Waals surface area contributed by atoms with E-state index in [2.05, 4.69) is 20.1 Å². The van der Waals surface area contributed by atoms with Gasteiger partial charge in [0, 0.05) is 38.3 Å². The molecule has 2 heterocycles. The number of benzene rings is 2. The van der Waals surface area contributed by atoms with Crippen LogP contribution in [0.15, 0.2) is 71.3 Å². The van der Waals surface area contributed by atoms with Crippen LogP contribution in [0.1, 0.15) is 11.5 Å². The molecule has 150 valence electrons. The molecular formula is C23H26N4O2. The number of aromatic nitrogens is 1. The predicted molar refractivity (Wildman–Crippen MR) is 112 cm³/mol. The average Bonchev–Trinajstić information content (AvgIpc) is 3.24. The number of nitrogens with zero attached hydrogens (tertiary/aromatic N) is 3. The van der Waals surface area contributed by atoms with Gasteiger partial charge in [0.2, 0.25) is 11.8 Å². The lowest BCUT2D eigenvalue weighted by atomic mass is 10.2. The third-order valence-corrected chi connectivity index (χ3v) is 5.14. The maximum Gasteiger partial charge on any atom is 0.234 e. The maximum absolute atomic E-state index is 12.2. The topological polar surface area (TPSA) is 61.6 Å². The second-order valence-corrected chi connectivity index (χ2v) is 7.30. The van der Waals surface area contributed by atoms with Gasteiger partial charge in [-0.3, -0.25) is 14.6 Å². The van der Waals surface area contributed by atoms with Gasteiger partial charge in [-0.2, -0.15) is 0 Å². The zero-order valence-electron chi connectivity index (χ0n) is 16.5. The van der Waals surface area contributed by atoms with Gasteiger partial charge in [0.1, 0.15) is 0 Å². The largest absolute Gasteiger partial charge is 0.439 e. The number of amides is 1. The minimum Gasteiger partial charge on any atom is -0.439 e. The second kappa shape index (κ2) is 9.49. The van der Waals surface area contributed by atoms with Crippen molar-refractivity contribution in [3.63, 3.8) is 0 Å². The van der Waals surface area contributed by atoms with Crippen LogP contribution < -0.4 is 5.32 Å². The minimum absolute atomic E-state index is 0.0718. The van der Waals surface area contributed by atoms with Crippen LogP contribution in [0.2, 0.25) is 0 Å². The molecule has 29 heavy (non-hydrogen) atoms. The van der Waals surface area contributed by atoms with Crippen molar-refractivity contribution < 1.29 is 9.21 Å². The molecule has 0 unspecified atom stereocenters. The third-order valence-electron chi connectivity index (χ3n) is 5.14. The fourth-order valence-electron chi connectivity index (χ4n) is 3.47. The number of nitrogens with one attached hydrogen (secondary N) is 1. The van der Waals surface area contributed by atoms with Crippen LogP contribution in [0.25, 0.3) is 11.3 Å².